The Morgan fingerprint density at radius 2 is 1.68 bits per heavy atom. The van der Waals surface area contributed by atoms with E-state index in [-0.39, 0.29) is 24.1 Å². The van der Waals surface area contributed by atoms with Gasteiger partial charge in [-0.1, -0.05) is 72.8 Å². The van der Waals surface area contributed by atoms with Crippen LogP contribution in [0.25, 0.3) is 22.0 Å². The highest BCUT2D eigenvalue weighted by molar-refractivity contribution is 5.95. The molecule has 0 aliphatic rings. The second kappa shape index (κ2) is 9.39. The van der Waals surface area contributed by atoms with Crippen molar-refractivity contribution in [3.63, 3.8) is 0 Å². The number of hydrogen-bond acceptors (Lipinski definition) is 3. The Kier molecular flexibility index (Phi) is 6.22. The lowest BCUT2D eigenvalue weighted by atomic mass is 10.0. The molecule has 1 unspecified atom stereocenters. The van der Waals surface area contributed by atoms with Crippen LogP contribution < -0.4 is 10.9 Å². The van der Waals surface area contributed by atoms with Crippen molar-refractivity contribution in [2.45, 2.75) is 32.4 Å². The van der Waals surface area contributed by atoms with Crippen molar-refractivity contribution in [1.82, 2.24) is 15.1 Å². The van der Waals surface area contributed by atoms with Gasteiger partial charge in [0.25, 0.3) is 5.56 Å². The summed E-state index contributed by atoms with van der Waals surface area (Å²) in [5, 5.41) is 9.61. The molecule has 1 aromatic heterocycles. The maximum absolute atomic E-state index is 12.5. The molecule has 0 fully saturated rings. The normalized spacial score (nSPS) is 11.9. The van der Waals surface area contributed by atoms with Gasteiger partial charge in [-0.25, -0.2) is 4.68 Å². The largest absolute Gasteiger partial charge is 0.352 e. The van der Waals surface area contributed by atoms with E-state index in [1.54, 1.807) is 6.07 Å². The number of aromatic nitrogens is 2. The molecule has 0 bridgehead atoms. The highest BCUT2D eigenvalue weighted by Gasteiger charge is 2.12. The van der Waals surface area contributed by atoms with Gasteiger partial charge in [0.2, 0.25) is 5.91 Å². The number of carbonyl (C=O) groups is 1. The first-order valence-electron chi connectivity index (χ1n) is 10.5. The van der Waals surface area contributed by atoms with Gasteiger partial charge < -0.3 is 5.32 Å². The zero-order valence-corrected chi connectivity index (χ0v) is 17.5. The number of aryl methyl sites for hydroxylation is 1. The summed E-state index contributed by atoms with van der Waals surface area (Å²) < 4.78 is 1.23. The van der Waals surface area contributed by atoms with Crippen molar-refractivity contribution < 1.29 is 4.79 Å². The summed E-state index contributed by atoms with van der Waals surface area (Å²) in [6.07, 6.45) is 1.71. The van der Waals surface area contributed by atoms with Crippen molar-refractivity contribution >= 4 is 16.7 Å². The highest BCUT2D eigenvalue weighted by atomic mass is 16.2. The molecular formula is C26H25N3O2. The van der Waals surface area contributed by atoms with Crippen LogP contribution in [-0.2, 0) is 17.8 Å². The van der Waals surface area contributed by atoms with E-state index in [2.05, 4.69) is 22.5 Å². The standard InChI is InChI=1S/C26H25N3O2/c1-19(14-15-20-8-3-2-4-9-20)27-25(30)18-29-26(31)17-16-24(28-29)23-13-7-11-21-10-5-6-12-22(21)23/h2-13,16-17,19H,14-15,18H2,1H3,(H,27,30). The molecule has 3 aromatic carbocycles. The van der Waals surface area contributed by atoms with E-state index in [0.717, 1.165) is 29.2 Å². The number of nitrogens with zero attached hydrogens (tertiary/aromatic N) is 2. The topological polar surface area (TPSA) is 64.0 Å². The molecule has 4 aromatic rings. The molecule has 1 heterocycles. The maximum Gasteiger partial charge on any atom is 0.267 e. The van der Waals surface area contributed by atoms with Crippen LogP contribution in [0.4, 0.5) is 0 Å². The Bertz CT molecular complexity index is 1240. The minimum Gasteiger partial charge on any atom is -0.352 e. The van der Waals surface area contributed by atoms with Crippen molar-refractivity contribution in [2.24, 2.45) is 0 Å². The molecule has 0 saturated heterocycles. The smallest absolute Gasteiger partial charge is 0.267 e. The number of carbonyl (C=O) groups excluding carboxylic acids is 1. The summed E-state index contributed by atoms with van der Waals surface area (Å²) in [4.78, 5) is 24.9. The first-order valence-corrected chi connectivity index (χ1v) is 10.5. The van der Waals surface area contributed by atoms with Crippen LogP contribution in [0.5, 0.6) is 0 Å². The van der Waals surface area contributed by atoms with Gasteiger partial charge in [-0.05, 0) is 42.2 Å². The predicted octanol–water partition coefficient (Wildman–Crippen LogP) is 4.20. The molecule has 4 rings (SSSR count). The zero-order chi connectivity index (χ0) is 21.6. The van der Waals surface area contributed by atoms with E-state index in [1.807, 2.05) is 67.6 Å². The van der Waals surface area contributed by atoms with Crippen molar-refractivity contribution in [1.29, 1.82) is 0 Å². The number of amides is 1. The summed E-state index contributed by atoms with van der Waals surface area (Å²) in [5.41, 5.74) is 2.55. The fourth-order valence-corrected chi connectivity index (χ4v) is 3.71. The molecular weight excluding hydrogens is 386 g/mol. The van der Waals surface area contributed by atoms with Gasteiger partial charge >= 0.3 is 0 Å². The quantitative estimate of drug-likeness (QED) is 0.496. The average Bonchev–Trinajstić information content (AvgIpc) is 2.79. The van der Waals surface area contributed by atoms with E-state index in [0.29, 0.717) is 5.69 Å². The molecule has 0 saturated carbocycles. The third-order valence-electron chi connectivity index (χ3n) is 5.34. The molecule has 5 nitrogen and oxygen atoms in total. The second-order valence-electron chi connectivity index (χ2n) is 7.73. The lowest BCUT2D eigenvalue weighted by Gasteiger charge is -2.15. The molecule has 0 spiro atoms. The van der Waals surface area contributed by atoms with Gasteiger partial charge in [-0.15, -0.1) is 0 Å². The first-order chi connectivity index (χ1) is 15.1. The van der Waals surface area contributed by atoms with Gasteiger partial charge in [0.1, 0.15) is 6.54 Å². The lowest BCUT2D eigenvalue weighted by molar-refractivity contribution is -0.122. The SMILES string of the molecule is CC(CCc1ccccc1)NC(=O)Cn1nc(-c2cccc3ccccc23)ccc1=O. The fraction of sp³-hybridized carbons (Fsp3) is 0.192. The van der Waals surface area contributed by atoms with E-state index < -0.39 is 0 Å². The average molecular weight is 412 g/mol. The Balaban J connectivity index is 1.46. The minimum atomic E-state index is -0.295. The van der Waals surface area contributed by atoms with E-state index >= 15 is 0 Å². The zero-order valence-electron chi connectivity index (χ0n) is 17.5. The molecule has 156 valence electrons. The molecule has 1 amide bonds. The van der Waals surface area contributed by atoms with Crippen molar-refractivity contribution in [2.75, 3.05) is 0 Å². The summed E-state index contributed by atoms with van der Waals surface area (Å²) in [6, 6.07) is 27.4. The van der Waals surface area contributed by atoms with Gasteiger partial charge in [0.05, 0.1) is 5.69 Å². The van der Waals surface area contributed by atoms with E-state index in [9.17, 15) is 9.59 Å². The summed E-state index contributed by atoms with van der Waals surface area (Å²) in [6.45, 7) is 1.87. The van der Waals surface area contributed by atoms with Gasteiger partial charge in [0, 0.05) is 17.7 Å². The van der Waals surface area contributed by atoms with Gasteiger partial charge in [-0.3, -0.25) is 9.59 Å². The Hall–Kier alpha value is -3.73. The maximum atomic E-state index is 12.5. The predicted molar refractivity (Wildman–Crippen MR) is 124 cm³/mol. The number of hydrogen-bond donors (Lipinski definition) is 1. The molecule has 5 heteroatoms. The van der Waals surface area contributed by atoms with Crippen LogP contribution in [0.15, 0.2) is 89.7 Å². The number of fused-ring (bicyclic) bond motifs is 1. The fourth-order valence-electron chi connectivity index (χ4n) is 3.71. The third kappa shape index (κ3) is 5.07. The molecule has 31 heavy (non-hydrogen) atoms. The number of benzene rings is 3. The monoisotopic (exact) mass is 411 g/mol. The van der Waals surface area contributed by atoms with Crippen LogP contribution in [-0.4, -0.2) is 21.7 Å². The van der Waals surface area contributed by atoms with Crippen molar-refractivity contribution in [3.8, 4) is 11.3 Å². The number of rotatable bonds is 7. The van der Waals surface area contributed by atoms with Crippen LogP contribution in [0.3, 0.4) is 0 Å². The van der Waals surface area contributed by atoms with Crippen LogP contribution in [0.2, 0.25) is 0 Å². The molecule has 0 aliphatic heterocycles. The molecule has 0 aliphatic carbocycles. The van der Waals surface area contributed by atoms with E-state index in [1.165, 1.54) is 16.3 Å². The minimum absolute atomic E-state index is 0.00431. The third-order valence-corrected chi connectivity index (χ3v) is 5.34. The summed E-state index contributed by atoms with van der Waals surface area (Å²) >= 11 is 0. The van der Waals surface area contributed by atoms with E-state index in [4.69, 9.17) is 0 Å². The molecule has 1 N–H and O–H groups in total. The number of nitrogens with one attached hydrogen (secondary N) is 1. The van der Waals surface area contributed by atoms with Gasteiger partial charge in [-0.2, -0.15) is 5.10 Å². The Morgan fingerprint density at radius 1 is 0.935 bits per heavy atom. The Morgan fingerprint density at radius 3 is 2.52 bits per heavy atom. The molecule has 0 radical (unpaired) electrons. The van der Waals surface area contributed by atoms with Crippen LogP contribution in [0.1, 0.15) is 18.9 Å². The summed E-state index contributed by atoms with van der Waals surface area (Å²) in [7, 11) is 0. The lowest BCUT2D eigenvalue weighted by Crippen LogP contribution is -2.38. The van der Waals surface area contributed by atoms with Crippen LogP contribution in [0, 0.1) is 0 Å². The molecule has 1 atom stereocenters. The van der Waals surface area contributed by atoms with Gasteiger partial charge in [0.15, 0.2) is 0 Å². The van der Waals surface area contributed by atoms with Crippen LogP contribution >= 0.6 is 0 Å². The summed E-state index contributed by atoms with van der Waals surface area (Å²) in [5.74, 6) is -0.217. The van der Waals surface area contributed by atoms with Crippen molar-refractivity contribution in [3.05, 3.63) is 101 Å². The second-order valence-corrected chi connectivity index (χ2v) is 7.73. The Labute approximate surface area is 181 Å². The first kappa shape index (κ1) is 20.5. The highest BCUT2D eigenvalue weighted by Crippen LogP contribution is 2.26.